The molecule has 0 atom stereocenters. The highest BCUT2D eigenvalue weighted by Crippen LogP contribution is 2.32. The summed E-state index contributed by atoms with van der Waals surface area (Å²) >= 11 is 0. The van der Waals surface area contributed by atoms with Crippen LogP contribution in [0.2, 0.25) is 0 Å². The lowest BCUT2D eigenvalue weighted by atomic mass is 10.1. The van der Waals surface area contributed by atoms with E-state index in [1.54, 1.807) is 36.4 Å². The number of aliphatic imine (C=N–C) groups is 1. The third-order valence-corrected chi connectivity index (χ3v) is 6.67. The first-order valence-corrected chi connectivity index (χ1v) is 13.5. The predicted molar refractivity (Wildman–Crippen MR) is 159 cm³/mol. The number of para-hydroxylation sites is 1. The van der Waals surface area contributed by atoms with Gasteiger partial charge in [-0.3, -0.25) is 4.90 Å². The molecule has 3 aromatic carbocycles. The predicted octanol–water partition coefficient (Wildman–Crippen LogP) is 5.54. The van der Waals surface area contributed by atoms with Gasteiger partial charge in [-0.25, -0.2) is 4.98 Å². The van der Waals surface area contributed by atoms with Crippen LogP contribution in [0.3, 0.4) is 0 Å². The van der Waals surface area contributed by atoms with Gasteiger partial charge in [-0.15, -0.1) is 0 Å². The van der Waals surface area contributed by atoms with Crippen LogP contribution in [0, 0.1) is 0 Å². The van der Waals surface area contributed by atoms with Crippen LogP contribution in [0.15, 0.2) is 83.9 Å². The molecule has 2 heterocycles. The van der Waals surface area contributed by atoms with Crippen LogP contribution < -0.4 is 21.1 Å². The summed E-state index contributed by atoms with van der Waals surface area (Å²) in [5.41, 5.74) is 6.43. The second-order valence-corrected chi connectivity index (χ2v) is 10.0. The van der Waals surface area contributed by atoms with Crippen LogP contribution in [-0.2, 0) is 12.7 Å². The van der Waals surface area contributed by atoms with Gasteiger partial charge >= 0.3 is 6.18 Å². The lowest BCUT2D eigenvalue weighted by Gasteiger charge is -2.32. The van der Waals surface area contributed by atoms with Crippen LogP contribution in [0.5, 0.6) is 17.2 Å². The van der Waals surface area contributed by atoms with Crippen molar-refractivity contribution in [2.45, 2.75) is 12.7 Å². The summed E-state index contributed by atoms with van der Waals surface area (Å²) in [6.45, 7) is 4.02. The van der Waals surface area contributed by atoms with Gasteiger partial charge in [0.15, 0.2) is 5.69 Å². The van der Waals surface area contributed by atoms with E-state index in [-0.39, 0.29) is 17.5 Å². The van der Waals surface area contributed by atoms with Crippen molar-refractivity contribution in [3.63, 3.8) is 0 Å². The van der Waals surface area contributed by atoms with E-state index in [9.17, 15) is 18.3 Å². The Kier molecular flexibility index (Phi) is 8.93. The zero-order chi connectivity index (χ0) is 30.4. The van der Waals surface area contributed by atoms with Crippen LogP contribution in [0.1, 0.15) is 11.3 Å². The molecule has 0 amide bonds. The van der Waals surface area contributed by atoms with Crippen molar-refractivity contribution in [1.29, 1.82) is 0 Å². The normalized spacial score (nSPS) is 14.8. The number of nitrogens with two attached hydrogens (primary N) is 1. The highest BCUT2D eigenvalue weighted by molar-refractivity contribution is 5.93. The molecule has 0 aliphatic carbocycles. The second-order valence-electron chi connectivity index (χ2n) is 10.0. The molecule has 4 aromatic rings. The average molecular weight is 593 g/mol. The van der Waals surface area contributed by atoms with Gasteiger partial charge in [0.05, 0.1) is 0 Å². The Bertz CT molecular complexity index is 1560. The zero-order valence-electron chi connectivity index (χ0n) is 23.3. The average Bonchev–Trinajstić information content (AvgIpc) is 2.97. The van der Waals surface area contributed by atoms with Gasteiger partial charge in [0.2, 0.25) is 5.96 Å². The number of aromatic nitrogens is 2. The van der Waals surface area contributed by atoms with Crippen molar-refractivity contribution in [2.24, 2.45) is 10.7 Å². The fraction of sp³-hybridized carbons (Fsp3) is 0.233. The SMILES string of the molecule is CN1CCN(Cc2cc(Nc3cc(C(F)(F)F)nc(/N=C(\N)Nc4ccc(Oc5ccccc5)cc4)n3)ccc2O)CC1. The molecule has 13 heteroatoms. The first-order chi connectivity index (χ1) is 20.6. The number of ether oxygens (including phenoxy) is 1. The number of rotatable bonds is 8. The molecule has 0 radical (unpaired) electrons. The van der Waals surface area contributed by atoms with Crippen molar-refractivity contribution in [3.05, 3.63) is 90.1 Å². The van der Waals surface area contributed by atoms with E-state index in [2.05, 4.69) is 42.4 Å². The number of hydrogen-bond donors (Lipinski definition) is 4. The Hall–Kier alpha value is -4.88. The van der Waals surface area contributed by atoms with E-state index in [0.29, 0.717) is 35.0 Å². The number of guanidine groups is 1. The Labute approximate surface area is 246 Å². The summed E-state index contributed by atoms with van der Waals surface area (Å²) in [4.78, 5) is 16.1. The molecule has 1 aromatic heterocycles. The smallest absolute Gasteiger partial charge is 0.433 e. The third-order valence-electron chi connectivity index (χ3n) is 6.67. The van der Waals surface area contributed by atoms with E-state index in [1.807, 2.05) is 30.3 Å². The second kappa shape index (κ2) is 13.0. The Balaban J connectivity index is 1.31. The summed E-state index contributed by atoms with van der Waals surface area (Å²) in [6, 6.07) is 21.6. The summed E-state index contributed by atoms with van der Waals surface area (Å²) in [7, 11) is 2.05. The maximum absolute atomic E-state index is 13.7. The van der Waals surface area contributed by atoms with E-state index < -0.39 is 17.8 Å². The summed E-state index contributed by atoms with van der Waals surface area (Å²) < 4.78 is 46.9. The van der Waals surface area contributed by atoms with Gasteiger partial charge in [0.1, 0.15) is 23.1 Å². The maximum Gasteiger partial charge on any atom is 0.433 e. The van der Waals surface area contributed by atoms with Crippen LogP contribution >= 0.6 is 0 Å². The first kappa shape index (κ1) is 29.6. The minimum atomic E-state index is -4.75. The fourth-order valence-electron chi connectivity index (χ4n) is 4.39. The molecule has 1 fully saturated rings. The molecule has 1 aliphatic rings. The van der Waals surface area contributed by atoms with Gasteiger partial charge in [-0.1, -0.05) is 18.2 Å². The molecule has 10 nitrogen and oxygen atoms in total. The highest BCUT2D eigenvalue weighted by atomic mass is 19.4. The Morgan fingerprint density at radius 1 is 0.930 bits per heavy atom. The van der Waals surface area contributed by atoms with Gasteiger partial charge in [0, 0.05) is 55.7 Å². The number of aromatic hydroxyl groups is 1. The minimum Gasteiger partial charge on any atom is -0.508 e. The number of benzene rings is 3. The van der Waals surface area contributed by atoms with Crippen molar-refractivity contribution in [3.8, 4) is 17.2 Å². The number of hydrogen-bond acceptors (Lipinski definition) is 8. The lowest BCUT2D eigenvalue weighted by Crippen LogP contribution is -2.43. The quantitative estimate of drug-likeness (QED) is 0.119. The monoisotopic (exact) mass is 592 g/mol. The number of alkyl halides is 3. The number of nitrogens with zero attached hydrogens (tertiary/aromatic N) is 5. The molecule has 5 rings (SSSR count). The van der Waals surface area contributed by atoms with Crippen LogP contribution in [0.4, 0.5) is 36.3 Å². The number of nitrogens with one attached hydrogen (secondary N) is 2. The third kappa shape index (κ3) is 8.33. The van der Waals surface area contributed by atoms with Gasteiger partial charge < -0.3 is 31.1 Å². The number of phenolic OH excluding ortho intramolecular Hbond substituents is 1. The van der Waals surface area contributed by atoms with Crippen molar-refractivity contribution in [1.82, 2.24) is 19.8 Å². The molecule has 1 saturated heterocycles. The van der Waals surface area contributed by atoms with Crippen LogP contribution in [-0.4, -0.2) is 64.1 Å². The molecule has 0 bridgehead atoms. The summed E-state index contributed by atoms with van der Waals surface area (Å²) in [5.74, 6) is 0.544. The van der Waals surface area contributed by atoms with E-state index in [4.69, 9.17) is 10.5 Å². The first-order valence-electron chi connectivity index (χ1n) is 13.5. The molecule has 0 unspecified atom stereocenters. The van der Waals surface area contributed by atoms with Gasteiger partial charge in [-0.2, -0.15) is 23.1 Å². The molecule has 1 aliphatic heterocycles. The maximum atomic E-state index is 13.7. The summed E-state index contributed by atoms with van der Waals surface area (Å²) in [6.07, 6.45) is -4.75. The standard InChI is InChI=1S/C30H31F3N8O2/c1-40-13-15-41(16-14-40)19-20-17-22(9-12-25(20)42)35-27-18-26(30(31,32)33)37-29(38-27)39-28(34)36-21-7-10-24(11-8-21)43-23-5-3-2-4-6-23/h2-12,17-18,42H,13-16,19H2,1H3,(H4,34,35,36,37,38,39). The summed E-state index contributed by atoms with van der Waals surface area (Å²) in [5, 5.41) is 16.1. The Morgan fingerprint density at radius 2 is 1.60 bits per heavy atom. The number of anilines is 3. The van der Waals surface area contributed by atoms with E-state index in [1.165, 1.54) is 6.07 Å². The molecule has 5 N–H and O–H groups in total. The number of phenols is 1. The van der Waals surface area contributed by atoms with E-state index >= 15 is 0 Å². The topological polar surface area (TPSA) is 124 Å². The number of halogens is 3. The van der Waals surface area contributed by atoms with Crippen LogP contribution in [0.25, 0.3) is 0 Å². The molecular formula is C30H31F3N8O2. The van der Waals surface area contributed by atoms with Crippen molar-refractivity contribution >= 4 is 29.1 Å². The van der Waals surface area contributed by atoms with Gasteiger partial charge in [0.25, 0.3) is 5.95 Å². The number of piperazine rings is 1. The highest BCUT2D eigenvalue weighted by Gasteiger charge is 2.34. The van der Waals surface area contributed by atoms with Crippen molar-refractivity contribution < 1.29 is 23.0 Å². The zero-order valence-corrected chi connectivity index (χ0v) is 23.3. The van der Waals surface area contributed by atoms with Gasteiger partial charge in [-0.05, 0) is 61.6 Å². The number of likely N-dealkylation sites (N-methyl/N-ethyl adjacent to an activating group) is 1. The van der Waals surface area contributed by atoms with E-state index in [0.717, 1.165) is 32.2 Å². The molecule has 224 valence electrons. The van der Waals surface area contributed by atoms with Crippen molar-refractivity contribution in [2.75, 3.05) is 43.9 Å². The lowest BCUT2D eigenvalue weighted by molar-refractivity contribution is -0.141. The fourth-order valence-corrected chi connectivity index (χ4v) is 4.39. The molecule has 43 heavy (non-hydrogen) atoms. The molecule has 0 saturated carbocycles. The largest absolute Gasteiger partial charge is 0.508 e. The minimum absolute atomic E-state index is 0.104. The molecular weight excluding hydrogens is 561 g/mol. The Morgan fingerprint density at radius 3 is 2.30 bits per heavy atom. The molecule has 0 spiro atoms.